The van der Waals surface area contributed by atoms with Crippen LogP contribution in [0.5, 0.6) is 0 Å². The maximum atomic E-state index is 12.0. The quantitative estimate of drug-likeness (QED) is 0.0224. The van der Waals surface area contributed by atoms with Gasteiger partial charge in [0.05, 0.1) is 44.1 Å². The van der Waals surface area contributed by atoms with E-state index in [1.807, 2.05) is 72.6 Å². The molecule has 2 unspecified atom stereocenters. The number of allylic oxidation sites excluding steroid dienone is 5. The molecule has 0 aliphatic heterocycles. The third-order valence-corrected chi connectivity index (χ3v) is 8.16. The number of carbonyl (C=O) groups is 2. The fraction of sp³-hybridized carbons (Fsp3) is 0.667. The number of aldehydes is 1. The van der Waals surface area contributed by atoms with Gasteiger partial charge in [0.2, 0.25) is 5.91 Å². The second kappa shape index (κ2) is 29.5. The van der Waals surface area contributed by atoms with Crippen LogP contribution in [-0.2, 0) is 19.1 Å². The number of rotatable bonds is 30. The summed E-state index contributed by atoms with van der Waals surface area (Å²) < 4.78 is 11.6. The number of hydrogen-bond acceptors (Lipinski definition) is 9. The lowest BCUT2D eigenvalue weighted by Crippen LogP contribution is -2.35. The average Bonchev–Trinajstić information content (AvgIpc) is 3.07. The summed E-state index contributed by atoms with van der Waals surface area (Å²) in [6.07, 6.45) is 19.1. The van der Waals surface area contributed by atoms with Crippen molar-refractivity contribution in [2.45, 2.75) is 99.5 Å². The zero-order chi connectivity index (χ0) is 36.9. The standard InChI is InChI=1S/C39H70N6O4/c1-11-35(17-15-21-41-28-39(47)45(9)12-2)25-44-37(26-40-20-14-13-16-31(3)4)27-43-30-42-22-18-36(29-49-32(5)6)34(8)38(48-10)24-33(7)19-23-46/h14,20,23-24,26-27,29,32-35,40-42,44H,3,11-13,15-19,21-22,25,28,30H2,1-2,4-10H3/b20-14+,36-29+,37-26+,38-24+,43-27?/t33?,34-,35?/m1/s1. The van der Waals surface area contributed by atoms with Crippen LogP contribution < -0.4 is 21.3 Å². The first-order valence-electron chi connectivity index (χ1n) is 18.2. The number of carbonyl (C=O) groups excluding carboxylic acids is 2. The molecule has 0 saturated heterocycles. The fourth-order valence-electron chi connectivity index (χ4n) is 4.68. The van der Waals surface area contributed by atoms with E-state index in [9.17, 15) is 9.59 Å². The van der Waals surface area contributed by atoms with E-state index in [2.05, 4.69) is 52.8 Å². The highest BCUT2D eigenvalue weighted by atomic mass is 16.5. The fourth-order valence-corrected chi connectivity index (χ4v) is 4.68. The van der Waals surface area contributed by atoms with Crippen molar-refractivity contribution >= 4 is 18.4 Å². The van der Waals surface area contributed by atoms with Crippen molar-refractivity contribution in [3.8, 4) is 0 Å². The molecule has 10 nitrogen and oxygen atoms in total. The maximum absolute atomic E-state index is 12.0. The third-order valence-electron chi connectivity index (χ3n) is 8.16. The summed E-state index contributed by atoms with van der Waals surface area (Å²) in [5.41, 5.74) is 3.20. The Morgan fingerprint density at radius 2 is 1.84 bits per heavy atom. The number of hydrogen-bond donors (Lipinski definition) is 4. The largest absolute Gasteiger partial charge is 0.501 e. The molecule has 0 aromatic carbocycles. The predicted octanol–water partition coefficient (Wildman–Crippen LogP) is 6.46. The van der Waals surface area contributed by atoms with Crippen molar-refractivity contribution in [3.05, 3.63) is 60.0 Å². The Morgan fingerprint density at radius 3 is 2.47 bits per heavy atom. The van der Waals surface area contributed by atoms with Gasteiger partial charge in [0.15, 0.2) is 0 Å². The summed E-state index contributed by atoms with van der Waals surface area (Å²) >= 11 is 0. The molecular formula is C39H70N6O4. The van der Waals surface area contributed by atoms with Crippen molar-refractivity contribution in [1.29, 1.82) is 0 Å². The van der Waals surface area contributed by atoms with Gasteiger partial charge >= 0.3 is 0 Å². The molecule has 49 heavy (non-hydrogen) atoms. The topological polar surface area (TPSA) is 116 Å². The zero-order valence-electron chi connectivity index (χ0n) is 32.3. The van der Waals surface area contributed by atoms with Crippen molar-refractivity contribution in [3.63, 3.8) is 0 Å². The second-order valence-electron chi connectivity index (χ2n) is 13.0. The van der Waals surface area contributed by atoms with E-state index >= 15 is 0 Å². The molecule has 280 valence electrons. The highest BCUT2D eigenvalue weighted by Crippen LogP contribution is 2.25. The normalized spacial score (nSPS) is 14.6. The van der Waals surface area contributed by atoms with Crippen LogP contribution in [0.1, 0.15) is 93.4 Å². The molecule has 0 aliphatic carbocycles. The van der Waals surface area contributed by atoms with Gasteiger partial charge in [-0.25, -0.2) is 0 Å². The minimum atomic E-state index is 0.0176. The predicted molar refractivity (Wildman–Crippen MR) is 206 cm³/mol. The first kappa shape index (κ1) is 45.6. The highest BCUT2D eigenvalue weighted by Gasteiger charge is 2.17. The molecule has 0 bridgehead atoms. The molecule has 10 heteroatoms. The van der Waals surface area contributed by atoms with E-state index in [1.54, 1.807) is 12.0 Å². The van der Waals surface area contributed by atoms with Gasteiger partial charge in [0, 0.05) is 51.4 Å². The van der Waals surface area contributed by atoms with E-state index in [4.69, 9.17) is 9.47 Å². The SMILES string of the molecule is C=C(C)CC/C=C/N/C=C(\C=NCNCC/C(=C\OC(C)C)[C@@H](C)/C(=C\C(C)CC=O)OC)NCC(CC)CCCNCC(=O)N(C)CC. The molecule has 0 fully saturated rings. The van der Waals surface area contributed by atoms with Gasteiger partial charge in [-0.1, -0.05) is 38.8 Å². The summed E-state index contributed by atoms with van der Waals surface area (Å²) in [6, 6.07) is 0. The summed E-state index contributed by atoms with van der Waals surface area (Å²) in [5, 5.41) is 13.6. The van der Waals surface area contributed by atoms with E-state index in [-0.39, 0.29) is 23.8 Å². The lowest BCUT2D eigenvalue weighted by molar-refractivity contribution is -0.128. The van der Waals surface area contributed by atoms with Gasteiger partial charge in [0.1, 0.15) is 6.29 Å². The van der Waals surface area contributed by atoms with Crippen molar-refractivity contribution in [2.24, 2.45) is 22.7 Å². The van der Waals surface area contributed by atoms with Crippen molar-refractivity contribution < 1.29 is 19.1 Å². The third kappa shape index (κ3) is 24.4. The van der Waals surface area contributed by atoms with E-state index in [0.717, 1.165) is 88.0 Å². The average molecular weight is 687 g/mol. The summed E-state index contributed by atoms with van der Waals surface area (Å²) in [4.78, 5) is 29.4. The van der Waals surface area contributed by atoms with Crippen LogP contribution >= 0.6 is 0 Å². The Bertz CT molecular complexity index is 1070. The molecule has 1 amide bonds. The van der Waals surface area contributed by atoms with Crippen molar-refractivity contribution in [1.82, 2.24) is 26.2 Å². The molecule has 0 spiro atoms. The molecule has 0 saturated carbocycles. The summed E-state index contributed by atoms with van der Waals surface area (Å²) in [7, 11) is 3.50. The molecule has 0 radical (unpaired) electrons. The van der Waals surface area contributed by atoms with Gasteiger partial charge < -0.3 is 35.1 Å². The number of nitrogens with zero attached hydrogens (tertiary/aromatic N) is 2. The van der Waals surface area contributed by atoms with Crippen LogP contribution in [0.25, 0.3) is 0 Å². The minimum Gasteiger partial charge on any atom is -0.501 e. The second-order valence-corrected chi connectivity index (χ2v) is 13.0. The van der Waals surface area contributed by atoms with Gasteiger partial charge in [-0.05, 0) is 96.0 Å². The van der Waals surface area contributed by atoms with Gasteiger partial charge in [-0.3, -0.25) is 15.1 Å². The minimum absolute atomic E-state index is 0.0176. The van der Waals surface area contributed by atoms with Crippen LogP contribution in [0.3, 0.4) is 0 Å². The molecule has 4 N–H and O–H groups in total. The van der Waals surface area contributed by atoms with Crippen LogP contribution in [0, 0.1) is 17.8 Å². The molecule has 0 heterocycles. The Morgan fingerprint density at radius 1 is 1.08 bits per heavy atom. The zero-order valence-corrected chi connectivity index (χ0v) is 32.3. The van der Waals surface area contributed by atoms with Crippen LogP contribution in [0.4, 0.5) is 0 Å². The summed E-state index contributed by atoms with van der Waals surface area (Å²) in [5.74, 6) is 1.59. The molecule has 0 rings (SSSR count). The lowest BCUT2D eigenvalue weighted by atomic mass is 9.94. The Balaban J connectivity index is 5.24. The number of methoxy groups -OCH3 is 1. The Hall–Kier alpha value is -3.37. The van der Waals surface area contributed by atoms with E-state index in [0.29, 0.717) is 25.6 Å². The van der Waals surface area contributed by atoms with E-state index in [1.165, 1.54) is 5.57 Å². The van der Waals surface area contributed by atoms with E-state index < -0.39 is 0 Å². The molecule has 0 aromatic rings. The first-order chi connectivity index (χ1) is 23.5. The lowest BCUT2D eigenvalue weighted by Gasteiger charge is -2.20. The number of likely N-dealkylation sites (N-methyl/N-ethyl adjacent to an activating group) is 1. The highest BCUT2D eigenvalue weighted by molar-refractivity contribution is 5.78. The number of ether oxygens (including phenoxy) is 2. The van der Waals surface area contributed by atoms with Crippen LogP contribution in [0.15, 0.2) is 65.0 Å². The summed E-state index contributed by atoms with van der Waals surface area (Å²) in [6.45, 7) is 22.3. The molecule has 3 atom stereocenters. The van der Waals surface area contributed by atoms with Crippen LogP contribution in [-0.4, -0.2) is 83.0 Å². The number of nitrogens with one attached hydrogen (secondary N) is 4. The van der Waals surface area contributed by atoms with Crippen LogP contribution in [0.2, 0.25) is 0 Å². The monoisotopic (exact) mass is 687 g/mol. The molecule has 0 aromatic heterocycles. The van der Waals surface area contributed by atoms with Gasteiger partial charge in [0.25, 0.3) is 0 Å². The molecule has 0 aliphatic rings. The Kier molecular flexibility index (Phi) is 27.5. The van der Waals surface area contributed by atoms with Crippen molar-refractivity contribution in [2.75, 3.05) is 53.5 Å². The number of amides is 1. The molecular weight excluding hydrogens is 616 g/mol. The first-order valence-corrected chi connectivity index (χ1v) is 18.2. The maximum Gasteiger partial charge on any atom is 0.236 e. The smallest absolute Gasteiger partial charge is 0.236 e. The van der Waals surface area contributed by atoms with Gasteiger partial charge in [-0.15, -0.1) is 6.58 Å². The number of aliphatic imine (C=N–C) groups is 1. The van der Waals surface area contributed by atoms with Gasteiger partial charge in [-0.2, -0.15) is 0 Å². The Labute approximate surface area is 299 Å².